The zero-order chi connectivity index (χ0) is 23.6. The predicted molar refractivity (Wildman–Crippen MR) is 141 cm³/mol. The molecule has 34 heavy (non-hydrogen) atoms. The molecule has 5 heteroatoms. The number of carbonyl (C=O) groups is 1. The second-order valence-electron chi connectivity index (χ2n) is 8.96. The number of rotatable bonds is 2. The van der Waals surface area contributed by atoms with E-state index in [1.54, 1.807) is 12.1 Å². The van der Waals surface area contributed by atoms with Gasteiger partial charge in [-0.2, -0.15) is 0 Å². The van der Waals surface area contributed by atoms with Crippen LogP contribution in [-0.2, 0) is 12.8 Å². The Kier molecular flexibility index (Phi) is 4.94. The molecule has 2 aliphatic rings. The quantitative estimate of drug-likeness (QED) is 0.274. The molecule has 2 aliphatic heterocycles. The number of hydrogen-bond acceptors (Lipinski definition) is 3. The van der Waals surface area contributed by atoms with E-state index in [2.05, 4.69) is 34.1 Å². The Morgan fingerprint density at radius 2 is 1.06 bits per heavy atom. The van der Waals surface area contributed by atoms with Crippen LogP contribution in [0.5, 0.6) is 0 Å². The van der Waals surface area contributed by atoms with E-state index < -0.39 is 0 Å². The topological polar surface area (TPSA) is 23.6 Å². The Morgan fingerprint density at radius 3 is 1.50 bits per heavy atom. The molecular formula is C29H22Cl2N2O. The molecule has 0 atom stereocenters. The maximum Gasteiger partial charge on any atom is 0.193 e. The monoisotopic (exact) mass is 484 g/mol. The van der Waals surface area contributed by atoms with Crippen LogP contribution >= 0.6 is 23.2 Å². The van der Waals surface area contributed by atoms with Gasteiger partial charge in [0.25, 0.3) is 0 Å². The number of fused-ring (bicyclic) bond motifs is 4. The van der Waals surface area contributed by atoms with E-state index in [0.29, 0.717) is 34.0 Å². The second-order valence-corrected chi connectivity index (χ2v) is 9.83. The fourth-order valence-electron chi connectivity index (χ4n) is 5.38. The number of halogens is 2. The number of nitrogens with zero attached hydrogens (tertiary/aromatic N) is 2. The molecule has 168 valence electrons. The van der Waals surface area contributed by atoms with E-state index in [9.17, 15) is 4.79 Å². The number of para-hydroxylation sites is 2. The highest BCUT2D eigenvalue weighted by Gasteiger charge is 2.30. The third-order valence-corrected chi connectivity index (χ3v) is 7.47. The molecule has 0 saturated heterocycles. The fourth-order valence-corrected chi connectivity index (χ4v) is 5.81. The van der Waals surface area contributed by atoms with E-state index in [1.807, 2.05) is 50.5 Å². The second kappa shape index (κ2) is 7.90. The van der Waals surface area contributed by atoms with Gasteiger partial charge in [0.1, 0.15) is 0 Å². The highest BCUT2D eigenvalue weighted by Crippen LogP contribution is 2.44. The first-order valence-corrected chi connectivity index (χ1v) is 12.0. The van der Waals surface area contributed by atoms with Crippen LogP contribution in [0.25, 0.3) is 0 Å². The molecule has 4 aromatic rings. The summed E-state index contributed by atoms with van der Waals surface area (Å²) in [7, 11) is 4.04. The lowest BCUT2D eigenvalue weighted by atomic mass is 9.85. The van der Waals surface area contributed by atoms with E-state index in [0.717, 1.165) is 33.9 Å². The minimum Gasteiger partial charge on any atom is -0.344 e. The Hall–Kier alpha value is -3.27. The van der Waals surface area contributed by atoms with Crippen molar-refractivity contribution in [2.24, 2.45) is 0 Å². The predicted octanol–water partition coefficient (Wildman–Crippen LogP) is 7.57. The zero-order valence-electron chi connectivity index (χ0n) is 18.9. The summed E-state index contributed by atoms with van der Waals surface area (Å²) in [6.45, 7) is 0. The first-order valence-electron chi connectivity index (χ1n) is 11.2. The third kappa shape index (κ3) is 3.23. The largest absolute Gasteiger partial charge is 0.344 e. The van der Waals surface area contributed by atoms with Crippen LogP contribution in [0.3, 0.4) is 0 Å². The van der Waals surface area contributed by atoms with E-state index in [-0.39, 0.29) is 5.78 Å². The van der Waals surface area contributed by atoms with Crippen LogP contribution < -0.4 is 9.80 Å². The molecule has 0 amide bonds. The average Bonchev–Trinajstić information content (AvgIpc) is 2.84. The Bertz CT molecular complexity index is 1380. The van der Waals surface area contributed by atoms with Gasteiger partial charge < -0.3 is 9.80 Å². The van der Waals surface area contributed by atoms with Crippen molar-refractivity contribution in [3.05, 3.63) is 116 Å². The van der Waals surface area contributed by atoms with E-state index in [4.69, 9.17) is 23.2 Å². The van der Waals surface area contributed by atoms with Gasteiger partial charge in [0, 0.05) is 70.9 Å². The standard InChI is InChI=1S/C29H22Cl2N2O/c1-32-25-9-5-3-7-17(25)11-21-23(13-19(30)15-27(21)32)29(34)24-14-20(31)16-28-22(24)12-18-8-4-6-10-26(18)33(28)2/h3-10,13-16H,11-12H2,1-2H3. The highest BCUT2D eigenvalue weighted by atomic mass is 35.5. The summed E-state index contributed by atoms with van der Waals surface area (Å²) in [5, 5.41) is 1.10. The summed E-state index contributed by atoms with van der Waals surface area (Å²) in [6.07, 6.45) is 1.36. The summed E-state index contributed by atoms with van der Waals surface area (Å²) in [5.74, 6) is -0.0435. The Balaban J connectivity index is 1.52. The SMILES string of the molecule is CN1c2ccccc2Cc2c(C(=O)c3cc(Cl)cc4c3Cc3ccccc3N4C)cc(Cl)cc21. The zero-order valence-corrected chi connectivity index (χ0v) is 20.4. The summed E-state index contributed by atoms with van der Waals surface area (Å²) < 4.78 is 0. The minimum atomic E-state index is -0.0435. The fraction of sp³-hybridized carbons (Fsp3) is 0.138. The lowest BCUT2D eigenvalue weighted by Gasteiger charge is -2.33. The summed E-state index contributed by atoms with van der Waals surface area (Å²) in [5.41, 5.74) is 9.84. The lowest BCUT2D eigenvalue weighted by Crippen LogP contribution is -2.23. The van der Waals surface area contributed by atoms with Crippen molar-refractivity contribution >= 4 is 51.7 Å². The molecule has 0 saturated carbocycles. The van der Waals surface area contributed by atoms with Crippen LogP contribution in [0.4, 0.5) is 22.7 Å². The van der Waals surface area contributed by atoms with Gasteiger partial charge >= 0.3 is 0 Å². The van der Waals surface area contributed by atoms with Crippen molar-refractivity contribution in [1.82, 2.24) is 0 Å². The average molecular weight is 485 g/mol. The molecule has 0 spiro atoms. The molecule has 6 rings (SSSR count). The molecule has 3 nitrogen and oxygen atoms in total. The van der Waals surface area contributed by atoms with Gasteiger partial charge in [-0.15, -0.1) is 0 Å². The van der Waals surface area contributed by atoms with Gasteiger partial charge in [0.2, 0.25) is 0 Å². The third-order valence-electron chi connectivity index (χ3n) is 7.03. The smallest absolute Gasteiger partial charge is 0.193 e. The molecule has 0 aliphatic carbocycles. The molecule has 2 heterocycles. The number of hydrogen-bond donors (Lipinski definition) is 0. The maximum absolute atomic E-state index is 14.2. The van der Waals surface area contributed by atoms with Crippen molar-refractivity contribution in [2.45, 2.75) is 12.8 Å². The number of carbonyl (C=O) groups excluding carboxylic acids is 1. The molecule has 0 fully saturated rings. The highest BCUT2D eigenvalue weighted by molar-refractivity contribution is 6.33. The van der Waals surface area contributed by atoms with Crippen LogP contribution in [-0.4, -0.2) is 19.9 Å². The molecule has 0 bridgehead atoms. The van der Waals surface area contributed by atoms with Crippen LogP contribution in [0, 0.1) is 0 Å². The van der Waals surface area contributed by atoms with Crippen molar-refractivity contribution in [1.29, 1.82) is 0 Å². The molecule has 0 radical (unpaired) electrons. The molecule has 0 N–H and O–H groups in total. The van der Waals surface area contributed by atoms with Gasteiger partial charge in [-0.3, -0.25) is 4.79 Å². The first-order chi connectivity index (χ1) is 16.4. The van der Waals surface area contributed by atoms with E-state index >= 15 is 0 Å². The van der Waals surface area contributed by atoms with Crippen molar-refractivity contribution in [3.8, 4) is 0 Å². The van der Waals surface area contributed by atoms with Crippen LogP contribution in [0.15, 0.2) is 72.8 Å². The molecule has 4 aromatic carbocycles. The van der Waals surface area contributed by atoms with Gasteiger partial charge in [-0.05, 0) is 58.7 Å². The van der Waals surface area contributed by atoms with Gasteiger partial charge in [-0.1, -0.05) is 59.6 Å². The molecule has 0 aromatic heterocycles. The van der Waals surface area contributed by atoms with Crippen LogP contribution in [0.1, 0.15) is 38.2 Å². The number of anilines is 4. The number of benzene rings is 4. The van der Waals surface area contributed by atoms with Gasteiger partial charge in [0.15, 0.2) is 5.78 Å². The maximum atomic E-state index is 14.2. The first kappa shape index (κ1) is 21.3. The molecule has 0 unspecified atom stereocenters. The van der Waals surface area contributed by atoms with Crippen molar-refractivity contribution < 1.29 is 4.79 Å². The Labute approximate surface area is 209 Å². The van der Waals surface area contributed by atoms with Gasteiger partial charge in [-0.25, -0.2) is 0 Å². The Morgan fingerprint density at radius 1 is 0.647 bits per heavy atom. The summed E-state index contributed by atoms with van der Waals surface area (Å²) in [6, 6.07) is 24.1. The summed E-state index contributed by atoms with van der Waals surface area (Å²) in [4.78, 5) is 18.4. The van der Waals surface area contributed by atoms with E-state index in [1.165, 1.54) is 11.1 Å². The van der Waals surface area contributed by atoms with Crippen molar-refractivity contribution in [2.75, 3.05) is 23.9 Å². The van der Waals surface area contributed by atoms with Crippen molar-refractivity contribution in [3.63, 3.8) is 0 Å². The number of ketones is 1. The minimum absolute atomic E-state index is 0.0435. The lowest BCUT2D eigenvalue weighted by molar-refractivity contribution is 0.103. The summed E-state index contributed by atoms with van der Waals surface area (Å²) >= 11 is 13.1. The van der Waals surface area contributed by atoms with Gasteiger partial charge in [0.05, 0.1) is 0 Å². The molecular weight excluding hydrogens is 463 g/mol. The normalized spacial score (nSPS) is 13.6. The van der Waals surface area contributed by atoms with Crippen LogP contribution in [0.2, 0.25) is 10.0 Å².